The van der Waals surface area contributed by atoms with Gasteiger partial charge in [0.05, 0.1) is 17.1 Å². The molecule has 0 aliphatic carbocycles. The summed E-state index contributed by atoms with van der Waals surface area (Å²) in [5.41, 5.74) is 17.3. The van der Waals surface area contributed by atoms with Gasteiger partial charge in [0.25, 0.3) is 0 Å². The highest BCUT2D eigenvalue weighted by atomic mass is 16.5. The Bertz CT molecular complexity index is 2600. The average Bonchev–Trinajstić information content (AvgIpc) is 3.24. The molecule has 0 N–H and O–H groups in total. The number of rotatable bonds is 6. The Kier molecular flexibility index (Phi) is 7.71. The quantitative estimate of drug-likeness (QED) is 0.171. The number of ether oxygens (including phenoxy) is 1. The second-order valence-corrected chi connectivity index (χ2v) is 15.0. The molecule has 0 spiro atoms. The summed E-state index contributed by atoms with van der Waals surface area (Å²) in [6, 6.07) is 67.6. The van der Waals surface area contributed by atoms with E-state index in [4.69, 9.17) is 4.74 Å². The number of para-hydroxylation sites is 1. The van der Waals surface area contributed by atoms with Crippen LogP contribution in [0.2, 0.25) is 0 Å². The third-order valence-electron chi connectivity index (χ3n) is 11.4. The van der Waals surface area contributed by atoms with E-state index >= 15 is 0 Å². The lowest BCUT2D eigenvalue weighted by molar-refractivity contribution is 0.471. The average molecular weight is 709 g/mol. The van der Waals surface area contributed by atoms with Crippen molar-refractivity contribution in [3.63, 3.8) is 0 Å². The molecule has 3 heteroatoms. The fourth-order valence-corrected chi connectivity index (χ4v) is 8.59. The molecule has 0 unspecified atom stereocenters. The van der Waals surface area contributed by atoms with E-state index in [1.807, 2.05) is 0 Å². The molecule has 0 bridgehead atoms. The van der Waals surface area contributed by atoms with Crippen LogP contribution in [0.1, 0.15) is 30.5 Å². The maximum Gasteiger partial charge on any atom is 0.151 e. The van der Waals surface area contributed by atoms with Gasteiger partial charge in [0, 0.05) is 22.5 Å². The topological polar surface area (TPSA) is 15.7 Å². The smallest absolute Gasteiger partial charge is 0.151 e. The fraction of sp³-hybridized carbons (Fsp3) is 0.0769. The molecule has 8 aromatic rings. The van der Waals surface area contributed by atoms with Crippen LogP contribution in [0, 0.1) is 6.92 Å². The number of benzene rings is 8. The lowest BCUT2D eigenvalue weighted by Crippen LogP contribution is -2.33. The highest BCUT2D eigenvalue weighted by Crippen LogP contribution is 2.61. The minimum atomic E-state index is -0.307. The molecule has 0 fully saturated rings. The van der Waals surface area contributed by atoms with Crippen LogP contribution in [0.15, 0.2) is 188 Å². The van der Waals surface area contributed by atoms with Gasteiger partial charge in [-0.15, -0.1) is 0 Å². The largest absolute Gasteiger partial charge is 0.453 e. The molecule has 2 heterocycles. The minimum Gasteiger partial charge on any atom is -0.453 e. The minimum absolute atomic E-state index is 0.307. The van der Waals surface area contributed by atoms with Gasteiger partial charge in [-0.2, -0.15) is 0 Å². The molecule has 0 atom stereocenters. The summed E-state index contributed by atoms with van der Waals surface area (Å²) in [6.45, 7) is 6.92. The Morgan fingerprint density at radius 3 is 1.53 bits per heavy atom. The van der Waals surface area contributed by atoms with Crippen molar-refractivity contribution in [2.75, 3.05) is 9.80 Å². The number of fused-ring (bicyclic) bond motifs is 4. The maximum absolute atomic E-state index is 6.72. The van der Waals surface area contributed by atoms with Crippen LogP contribution in [0.4, 0.5) is 34.1 Å². The van der Waals surface area contributed by atoms with Gasteiger partial charge < -0.3 is 14.5 Å². The van der Waals surface area contributed by atoms with Crippen molar-refractivity contribution < 1.29 is 4.74 Å². The van der Waals surface area contributed by atoms with E-state index in [1.165, 1.54) is 55.8 Å². The molecule has 55 heavy (non-hydrogen) atoms. The molecule has 0 saturated heterocycles. The van der Waals surface area contributed by atoms with Crippen LogP contribution >= 0.6 is 0 Å². The van der Waals surface area contributed by atoms with Crippen molar-refractivity contribution in [3.8, 4) is 44.9 Å². The first-order chi connectivity index (χ1) is 27.0. The first-order valence-electron chi connectivity index (χ1n) is 19.0. The standard InChI is InChI=1S/C52H40N2O/c1-35-44(40-18-11-6-12-19-40)31-33-49-50(35)54-47-32-30-43(34-46(47)52(2,3)45-20-13-21-48(55-49)51(45)54)53(41-26-22-38(23-27-41)36-14-7-4-8-15-36)42-28-24-39(25-29-42)37-16-9-5-10-17-37/h4-34H,1-3H3. The zero-order chi connectivity index (χ0) is 37.1. The van der Waals surface area contributed by atoms with Gasteiger partial charge in [0.1, 0.15) is 0 Å². The van der Waals surface area contributed by atoms with Crippen LogP contribution in [-0.4, -0.2) is 0 Å². The monoisotopic (exact) mass is 708 g/mol. The molecular weight excluding hydrogens is 669 g/mol. The number of nitrogens with zero attached hydrogens (tertiary/aromatic N) is 2. The van der Waals surface area contributed by atoms with Gasteiger partial charge in [-0.25, -0.2) is 0 Å². The Morgan fingerprint density at radius 2 is 0.945 bits per heavy atom. The highest BCUT2D eigenvalue weighted by Gasteiger charge is 2.42. The summed E-state index contributed by atoms with van der Waals surface area (Å²) in [7, 11) is 0. The zero-order valence-electron chi connectivity index (χ0n) is 31.2. The van der Waals surface area contributed by atoms with Crippen molar-refractivity contribution in [3.05, 3.63) is 205 Å². The molecule has 3 nitrogen and oxygen atoms in total. The van der Waals surface area contributed by atoms with Crippen LogP contribution < -0.4 is 14.5 Å². The Balaban J connectivity index is 1.14. The van der Waals surface area contributed by atoms with E-state index in [9.17, 15) is 0 Å². The molecule has 2 aliphatic heterocycles. The van der Waals surface area contributed by atoms with Gasteiger partial charge in [0.2, 0.25) is 0 Å². The maximum atomic E-state index is 6.72. The third kappa shape index (κ3) is 5.42. The summed E-state index contributed by atoms with van der Waals surface area (Å²) < 4.78 is 6.72. The molecule has 0 aromatic heterocycles. The molecule has 264 valence electrons. The van der Waals surface area contributed by atoms with E-state index in [0.29, 0.717) is 0 Å². The summed E-state index contributed by atoms with van der Waals surface area (Å²) in [5, 5.41) is 0. The van der Waals surface area contributed by atoms with E-state index in [1.54, 1.807) is 0 Å². The van der Waals surface area contributed by atoms with Gasteiger partial charge in [-0.1, -0.05) is 147 Å². The second kappa shape index (κ2) is 12.9. The first-order valence-corrected chi connectivity index (χ1v) is 19.0. The molecule has 8 aromatic carbocycles. The van der Waals surface area contributed by atoms with Gasteiger partial charge >= 0.3 is 0 Å². The van der Waals surface area contributed by atoms with E-state index in [0.717, 1.165) is 39.9 Å². The summed E-state index contributed by atoms with van der Waals surface area (Å²) >= 11 is 0. The number of hydrogen-bond acceptors (Lipinski definition) is 3. The lowest BCUT2D eigenvalue weighted by Gasteiger charge is -2.46. The van der Waals surface area contributed by atoms with Crippen molar-refractivity contribution in [2.45, 2.75) is 26.2 Å². The second-order valence-electron chi connectivity index (χ2n) is 15.0. The van der Waals surface area contributed by atoms with Gasteiger partial charge in [-0.05, 0) is 112 Å². The SMILES string of the molecule is Cc1c(-c2ccccc2)ccc2c1N1c3ccc(N(c4ccc(-c5ccccc5)cc4)c4ccc(-c5ccccc5)cc4)cc3C(C)(C)c3cccc(c31)O2. The van der Waals surface area contributed by atoms with Gasteiger partial charge in [0.15, 0.2) is 11.5 Å². The third-order valence-corrected chi connectivity index (χ3v) is 11.4. The van der Waals surface area contributed by atoms with Crippen molar-refractivity contribution in [1.29, 1.82) is 0 Å². The fourth-order valence-electron chi connectivity index (χ4n) is 8.59. The zero-order valence-corrected chi connectivity index (χ0v) is 31.2. The molecule has 2 aliphatic rings. The summed E-state index contributed by atoms with van der Waals surface area (Å²) in [4.78, 5) is 4.85. The number of hydrogen-bond donors (Lipinski definition) is 0. The van der Waals surface area contributed by atoms with Crippen LogP contribution in [-0.2, 0) is 5.41 Å². The van der Waals surface area contributed by atoms with E-state index in [2.05, 4.69) is 219 Å². The Hall–Kier alpha value is -6.84. The van der Waals surface area contributed by atoms with Crippen molar-refractivity contribution >= 4 is 34.1 Å². The normalized spacial score (nSPS) is 13.3. The molecular formula is C52H40N2O. The van der Waals surface area contributed by atoms with Gasteiger partial charge in [-0.3, -0.25) is 0 Å². The Labute approximate surface area is 323 Å². The summed E-state index contributed by atoms with van der Waals surface area (Å²) in [6.07, 6.45) is 0. The molecule has 0 saturated carbocycles. The first kappa shape index (κ1) is 32.8. The van der Waals surface area contributed by atoms with Crippen LogP contribution in [0.25, 0.3) is 33.4 Å². The van der Waals surface area contributed by atoms with Crippen molar-refractivity contribution in [2.24, 2.45) is 0 Å². The number of anilines is 6. The highest BCUT2D eigenvalue weighted by molar-refractivity contribution is 5.97. The predicted octanol–water partition coefficient (Wildman–Crippen LogP) is 14.7. The van der Waals surface area contributed by atoms with Crippen molar-refractivity contribution in [1.82, 2.24) is 0 Å². The van der Waals surface area contributed by atoms with E-state index < -0.39 is 0 Å². The van der Waals surface area contributed by atoms with Crippen LogP contribution in [0.5, 0.6) is 11.5 Å². The summed E-state index contributed by atoms with van der Waals surface area (Å²) in [5.74, 6) is 1.76. The molecule has 0 radical (unpaired) electrons. The van der Waals surface area contributed by atoms with E-state index in [-0.39, 0.29) is 5.41 Å². The predicted molar refractivity (Wildman–Crippen MR) is 229 cm³/mol. The van der Waals surface area contributed by atoms with Crippen LogP contribution in [0.3, 0.4) is 0 Å². The molecule has 10 rings (SSSR count). The molecule has 0 amide bonds. The Morgan fingerprint density at radius 1 is 0.436 bits per heavy atom. The lowest BCUT2D eigenvalue weighted by atomic mass is 9.72.